The van der Waals surface area contributed by atoms with Crippen LogP contribution in [0.1, 0.15) is 36.1 Å². The number of rotatable bonds is 6. The second kappa shape index (κ2) is 9.43. The molecule has 0 amide bonds. The van der Waals surface area contributed by atoms with Gasteiger partial charge in [-0.2, -0.15) is 13.2 Å². The Morgan fingerprint density at radius 3 is 2.28 bits per heavy atom. The van der Waals surface area contributed by atoms with Crippen LogP contribution < -0.4 is 9.47 Å². The van der Waals surface area contributed by atoms with Crippen molar-refractivity contribution < 1.29 is 32.9 Å². The Bertz CT molecular complexity index is 1260. The molecular weight excluding hydrogens is 471 g/mol. The molecule has 1 fully saturated rings. The fourth-order valence-corrected chi connectivity index (χ4v) is 4.67. The summed E-state index contributed by atoms with van der Waals surface area (Å²) in [7, 11) is 0. The Kier molecular flexibility index (Phi) is 6.30. The Labute approximate surface area is 207 Å². The van der Waals surface area contributed by atoms with Crippen molar-refractivity contribution in [1.29, 1.82) is 0 Å². The number of phenolic OH excluding ortho intramolecular Hbond substituents is 2. The van der Waals surface area contributed by atoms with Gasteiger partial charge in [-0.1, -0.05) is 24.3 Å². The van der Waals surface area contributed by atoms with Crippen LogP contribution in [0.15, 0.2) is 66.7 Å². The molecule has 1 atom stereocenters. The number of aromatic hydroxyl groups is 2. The molecular formula is C28H26F3NO4. The van der Waals surface area contributed by atoms with Crippen molar-refractivity contribution in [2.24, 2.45) is 0 Å². The second-order valence-electron chi connectivity index (χ2n) is 9.20. The highest BCUT2D eigenvalue weighted by Crippen LogP contribution is 2.47. The molecule has 2 heterocycles. The van der Waals surface area contributed by atoms with Gasteiger partial charge in [-0.05, 0) is 60.0 Å². The molecule has 0 saturated carbocycles. The largest absolute Gasteiger partial charge is 0.508 e. The fourth-order valence-electron chi connectivity index (χ4n) is 4.67. The lowest BCUT2D eigenvalue weighted by Crippen LogP contribution is -2.54. The SMILES string of the molecule is CC1=C(c2ccc(O)cc2)C(c2ccc(OC3CN(CCC(F)(F)F)C3)cc2)Oc2cc(O)ccc21. The first-order chi connectivity index (χ1) is 17.2. The predicted molar refractivity (Wildman–Crippen MR) is 130 cm³/mol. The average molecular weight is 498 g/mol. The van der Waals surface area contributed by atoms with Gasteiger partial charge in [-0.25, -0.2) is 0 Å². The van der Waals surface area contributed by atoms with Gasteiger partial charge in [0.15, 0.2) is 0 Å². The van der Waals surface area contributed by atoms with E-state index in [2.05, 4.69) is 0 Å². The number of ether oxygens (including phenoxy) is 2. The fraction of sp³-hybridized carbons (Fsp3) is 0.286. The van der Waals surface area contributed by atoms with E-state index < -0.39 is 18.7 Å². The lowest BCUT2D eigenvalue weighted by Gasteiger charge is -2.39. The minimum Gasteiger partial charge on any atom is -0.508 e. The van der Waals surface area contributed by atoms with E-state index in [4.69, 9.17) is 9.47 Å². The van der Waals surface area contributed by atoms with Gasteiger partial charge in [-0.15, -0.1) is 0 Å². The number of hydrogen-bond acceptors (Lipinski definition) is 5. The van der Waals surface area contributed by atoms with Crippen molar-refractivity contribution in [3.8, 4) is 23.0 Å². The van der Waals surface area contributed by atoms with Crippen LogP contribution in [0.5, 0.6) is 23.0 Å². The molecule has 1 unspecified atom stereocenters. The van der Waals surface area contributed by atoms with E-state index >= 15 is 0 Å². The van der Waals surface area contributed by atoms with Crippen LogP contribution in [0.4, 0.5) is 13.2 Å². The summed E-state index contributed by atoms with van der Waals surface area (Å²) in [5.41, 5.74) is 4.61. The van der Waals surface area contributed by atoms with Crippen molar-refractivity contribution in [1.82, 2.24) is 4.90 Å². The summed E-state index contributed by atoms with van der Waals surface area (Å²) in [5.74, 6) is 1.50. The molecule has 36 heavy (non-hydrogen) atoms. The predicted octanol–water partition coefficient (Wildman–Crippen LogP) is 6.18. The molecule has 2 aliphatic rings. The molecule has 0 aliphatic carbocycles. The zero-order valence-electron chi connectivity index (χ0n) is 19.6. The maximum absolute atomic E-state index is 12.4. The first-order valence-corrected chi connectivity index (χ1v) is 11.7. The van der Waals surface area contributed by atoms with E-state index in [1.807, 2.05) is 49.4 Å². The Morgan fingerprint density at radius 1 is 0.944 bits per heavy atom. The monoisotopic (exact) mass is 497 g/mol. The summed E-state index contributed by atoms with van der Waals surface area (Å²) in [6.45, 7) is 2.93. The molecule has 0 bridgehead atoms. The number of likely N-dealkylation sites (tertiary alicyclic amines) is 1. The van der Waals surface area contributed by atoms with Crippen LogP contribution >= 0.6 is 0 Å². The number of phenols is 2. The smallest absolute Gasteiger partial charge is 0.390 e. The van der Waals surface area contributed by atoms with Gasteiger partial charge in [0.2, 0.25) is 0 Å². The summed E-state index contributed by atoms with van der Waals surface area (Å²) in [6.07, 6.45) is -5.56. The van der Waals surface area contributed by atoms with E-state index in [0.29, 0.717) is 24.6 Å². The van der Waals surface area contributed by atoms with Crippen LogP contribution in [-0.2, 0) is 0 Å². The normalized spacial score (nSPS) is 18.4. The molecule has 1 saturated heterocycles. The molecule has 2 N–H and O–H groups in total. The topological polar surface area (TPSA) is 62.2 Å². The lowest BCUT2D eigenvalue weighted by atomic mass is 9.86. The Hall–Kier alpha value is -3.65. The summed E-state index contributed by atoms with van der Waals surface area (Å²) < 4.78 is 49.5. The van der Waals surface area contributed by atoms with Gasteiger partial charge >= 0.3 is 6.18 Å². The number of benzene rings is 3. The third kappa shape index (κ3) is 5.14. The number of halogens is 3. The number of fused-ring (bicyclic) bond motifs is 1. The highest BCUT2D eigenvalue weighted by molar-refractivity contribution is 5.95. The number of hydrogen-bond donors (Lipinski definition) is 2. The summed E-state index contributed by atoms with van der Waals surface area (Å²) in [6, 6.07) is 19.5. The Morgan fingerprint density at radius 2 is 1.61 bits per heavy atom. The van der Waals surface area contributed by atoms with E-state index in [1.165, 1.54) is 0 Å². The lowest BCUT2D eigenvalue weighted by molar-refractivity contribution is -0.142. The minimum atomic E-state index is -4.14. The molecule has 3 aromatic rings. The summed E-state index contributed by atoms with van der Waals surface area (Å²) >= 11 is 0. The standard InChI is InChI=1S/C28H26F3NO4/c1-17-24-11-8-21(34)14-25(24)36-27(26(17)18-2-6-20(33)7-3-18)19-4-9-22(10-5-19)35-23-15-32(16-23)13-12-28(29,30)31/h2-11,14,23,27,33-34H,12-13,15-16H2,1H3. The molecule has 5 nitrogen and oxygen atoms in total. The van der Waals surface area contributed by atoms with E-state index in [0.717, 1.165) is 27.8 Å². The van der Waals surface area contributed by atoms with Gasteiger partial charge in [-0.3, -0.25) is 4.90 Å². The van der Waals surface area contributed by atoms with Gasteiger partial charge < -0.3 is 19.7 Å². The van der Waals surface area contributed by atoms with Crippen LogP contribution in [0.3, 0.4) is 0 Å². The molecule has 0 radical (unpaired) electrons. The van der Waals surface area contributed by atoms with Gasteiger partial charge in [0.1, 0.15) is 35.2 Å². The first kappa shape index (κ1) is 24.1. The number of alkyl halides is 3. The minimum absolute atomic E-state index is 0.00985. The van der Waals surface area contributed by atoms with Gasteiger partial charge in [0.05, 0.1) is 6.42 Å². The zero-order chi connectivity index (χ0) is 25.4. The zero-order valence-corrected chi connectivity index (χ0v) is 19.6. The molecule has 8 heteroatoms. The molecule has 0 spiro atoms. The quantitative estimate of drug-likeness (QED) is 0.426. The van der Waals surface area contributed by atoms with Crippen molar-refractivity contribution in [3.63, 3.8) is 0 Å². The third-order valence-corrected chi connectivity index (χ3v) is 6.58. The molecule has 3 aromatic carbocycles. The maximum atomic E-state index is 12.4. The van der Waals surface area contributed by atoms with Crippen molar-refractivity contribution >= 4 is 11.1 Å². The van der Waals surface area contributed by atoms with E-state index in [9.17, 15) is 23.4 Å². The van der Waals surface area contributed by atoms with Crippen LogP contribution in [-0.4, -0.2) is 47.0 Å². The van der Waals surface area contributed by atoms with Gasteiger partial charge in [0, 0.05) is 36.8 Å². The number of nitrogens with zero attached hydrogens (tertiary/aromatic N) is 1. The van der Waals surface area contributed by atoms with E-state index in [1.54, 1.807) is 29.2 Å². The first-order valence-electron chi connectivity index (χ1n) is 11.7. The van der Waals surface area contributed by atoms with Crippen LogP contribution in [0.2, 0.25) is 0 Å². The summed E-state index contributed by atoms with van der Waals surface area (Å²) in [5, 5.41) is 19.7. The molecule has 2 aliphatic heterocycles. The third-order valence-electron chi connectivity index (χ3n) is 6.58. The highest BCUT2D eigenvalue weighted by Gasteiger charge is 2.34. The maximum Gasteiger partial charge on any atom is 0.390 e. The molecule has 5 rings (SSSR count). The average Bonchev–Trinajstić information content (AvgIpc) is 2.81. The van der Waals surface area contributed by atoms with Crippen molar-refractivity contribution in [2.45, 2.75) is 31.7 Å². The van der Waals surface area contributed by atoms with Crippen LogP contribution in [0.25, 0.3) is 11.1 Å². The number of allylic oxidation sites excluding steroid dienone is 1. The second-order valence-corrected chi connectivity index (χ2v) is 9.20. The Balaban J connectivity index is 1.34. The van der Waals surface area contributed by atoms with Crippen molar-refractivity contribution in [2.75, 3.05) is 19.6 Å². The van der Waals surface area contributed by atoms with Gasteiger partial charge in [0.25, 0.3) is 0 Å². The molecule has 188 valence electrons. The highest BCUT2D eigenvalue weighted by atomic mass is 19.4. The van der Waals surface area contributed by atoms with E-state index in [-0.39, 0.29) is 24.1 Å². The van der Waals surface area contributed by atoms with Crippen molar-refractivity contribution in [3.05, 3.63) is 83.4 Å². The van der Waals surface area contributed by atoms with Crippen LogP contribution in [0, 0.1) is 0 Å². The molecule has 0 aromatic heterocycles. The summed E-state index contributed by atoms with van der Waals surface area (Å²) in [4.78, 5) is 1.73.